The Morgan fingerprint density at radius 1 is 0.455 bits per heavy atom. The van der Waals surface area contributed by atoms with Gasteiger partial charge >= 0.3 is 0 Å². The van der Waals surface area contributed by atoms with E-state index in [1.165, 1.54) is 60.5 Å². The SMILES string of the molecule is Cc1ccccc1-c1cccc(N(c2ccccc2)c2ccc(-n3c4ccccc4c4cc5ccccc5cc43)cc2)c1C. The molecule has 8 aromatic rings. The first-order chi connectivity index (χ1) is 21.7. The predicted molar refractivity (Wildman–Crippen MR) is 188 cm³/mol. The van der Waals surface area contributed by atoms with E-state index in [2.05, 4.69) is 181 Å². The van der Waals surface area contributed by atoms with Gasteiger partial charge in [0.1, 0.15) is 0 Å². The fourth-order valence-electron chi connectivity index (χ4n) is 6.72. The largest absolute Gasteiger partial charge is 0.310 e. The summed E-state index contributed by atoms with van der Waals surface area (Å²) >= 11 is 0. The molecule has 0 saturated carbocycles. The maximum atomic E-state index is 2.40. The van der Waals surface area contributed by atoms with Crippen LogP contribution in [0.25, 0.3) is 49.4 Å². The zero-order valence-electron chi connectivity index (χ0n) is 24.9. The lowest BCUT2D eigenvalue weighted by atomic mass is 9.95. The lowest BCUT2D eigenvalue weighted by Crippen LogP contribution is -2.12. The summed E-state index contributed by atoms with van der Waals surface area (Å²) in [7, 11) is 0. The molecule has 2 nitrogen and oxygen atoms in total. The maximum Gasteiger partial charge on any atom is 0.0547 e. The van der Waals surface area contributed by atoms with Gasteiger partial charge in [-0.15, -0.1) is 0 Å². The normalized spacial score (nSPS) is 11.4. The molecule has 44 heavy (non-hydrogen) atoms. The fourth-order valence-corrected chi connectivity index (χ4v) is 6.72. The number of hydrogen-bond donors (Lipinski definition) is 0. The van der Waals surface area contributed by atoms with E-state index in [0.717, 1.165) is 17.1 Å². The molecule has 0 N–H and O–H groups in total. The molecule has 1 heterocycles. The highest BCUT2D eigenvalue weighted by atomic mass is 15.1. The molecular weight excluding hydrogens is 532 g/mol. The first kappa shape index (κ1) is 26.1. The standard InChI is InChI=1S/C42H32N2/c1-29-13-6-9-18-36(29)37-20-12-22-40(30(37)2)43(33-16-4-3-5-17-33)34-23-25-35(26-24-34)44-41-21-11-10-19-38(41)39-27-31-14-7-8-15-32(31)28-42(39)44/h3-28H,1-2H3. The lowest BCUT2D eigenvalue weighted by Gasteiger charge is -2.28. The van der Waals surface area contributed by atoms with E-state index in [0.29, 0.717) is 0 Å². The van der Waals surface area contributed by atoms with Gasteiger partial charge in [0.2, 0.25) is 0 Å². The maximum absolute atomic E-state index is 2.40. The molecule has 0 aliphatic rings. The fraction of sp³-hybridized carbons (Fsp3) is 0.0476. The Morgan fingerprint density at radius 2 is 1.09 bits per heavy atom. The first-order valence-corrected chi connectivity index (χ1v) is 15.2. The molecule has 0 saturated heterocycles. The minimum absolute atomic E-state index is 1.12. The van der Waals surface area contributed by atoms with E-state index < -0.39 is 0 Å². The topological polar surface area (TPSA) is 8.17 Å². The second kappa shape index (κ2) is 10.6. The van der Waals surface area contributed by atoms with Crippen LogP contribution < -0.4 is 4.90 Å². The van der Waals surface area contributed by atoms with Crippen LogP contribution in [0, 0.1) is 13.8 Å². The number of anilines is 3. The number of aryl methyl sites for hydroxylation is 1. The monoisotopic (exact) mass is 564 g/mol. The molecule has 0 aliphatic heterocycles. The third-order valence-corrected chi connectivity index (χ3v) is 8.90. The Labute approximate surface area is 258 Å². The molecule has 0 atom stereocenters. The molecular formula is C42H32N2. The van der Waals surface area contributed by atoms with Gasteiger partial charge in [0, 0.05) is 33.5 Å². The summed E-state index contributed by atoms with van der Waals surface area (Å²) in [6.07, 6.45) is 0. The summed E-state index contributed by atoms with van der Waals surface area (Å²) in [5.41, 5.74) is 12.1. The number of benzene rings is 7. The molecule has 0 amide bonds. The second-order valence-electron chi connectivity index (χ2n) is 11.5. The van der Waals surface area contributed by atoms with Crippen molar-refractivity contribution in [2.45, 2.75) is 13.8 Å². The molecule has 0 radical (unpaired) electrons. The van der Waals surface area contributed by atoms with Gasteiger partial charge in [-0.1, -0.05) is 97.1 Å². The van der Waals surface area contributed by atoms with Gasteiger partial charge in [-0.25, -0.2) is 0 Å². The van der Waals surface area contributed by atoms with Crippen LogP contribution in [0.15, 0.2) is 158 Å². The van der Waals surface area contributed by atoms with Crippen LogP contribution in [-0.4, -0.2) is 4.57 Å². The van der Waals surface area contributed by atoms with E-state index in [1.807, 2.05) is 0 Å². The van der Waals surface area contributed by atoms with Gasteiger partial charge < -0.3 is 9.47 Å². The van der Waals surface area contributed by atoms with Crippen molar-refractivity contribution in [2.75, 3.05) is 4.90 Å². The van der Waals surface area contributed by atoms with Crippen LogP contribution in [0.1, 0.15) is 11.1 Å². The highest BCUT2D eigenvalue weighted by Crippen LogP contribution is 2.41. The van der Waals surface area contributed by atoms with Crippen LogP contribution in [-0.2, 0) is 0 Å². The quantitative estimate of drug-likeness (QED) is 0.202. The van der Waals surface area contributed by atoms with Crippen LogP contribution in [0.3, 0.4) is 0 Å². The van der Waals surface area contributed by atoms with Crippen molar-refractivity contribution in [3.8, 4) is 16.8 Å². The summed E-state index contributed by atoms with van der Waals surface area (Å²) in [5.74, 6) is 0. The first-order valence-electron chi connectivity index (χ1n) is 15.2. The minimum atomic E-state index is 1.12. The lowest BCUT2D eigenvalue weighted by molar-refractivity contribution is 1.17. The second-order valence-corrected chi connectivity index (χ2v) is 11.5. The smallest absolute Gasteiger partial charge is 0.0547 e. The molecule has 0 unspecified atom stereocenters. The van der Waals surface area contributed by atoms with E-state index >= 15 is 0 Å². The van der Waals surface area contributed by atoms with Gasteiger partial charge in [-0.2, -0.15) is 0 Å². The molecule has 0 aliphatic carbocycles. The molecule has 8 rings (SSSR count). The van der Waals surface area contributed by atoms with Crippen molar-refractivity contribution >= 4 is 49.6 Å². The third-order valence-electron chi connectivity index (χ3n) is 8.90. The predicted octanol–water partition coefficient (Wildman–Crippen LogP) is 11.7. The number of para-hydroxylation sites is 2. The Morgan fingerprint density at radius 3 is 1.89 bits per heavy atom. The van der Waals surface area contributed by atoms with Crippen LogP contribution >= 0.6 is 0 Å². The number of nitrogens with zero attached hydrogens (tertiary/aromatic N) is 2. The molecule has 0 spiro atoms. The summed E-state index contributed by atoms with van der Waals surface area (Å²) in [6.45, 7) is 4.43. The average Bonchev–Trinajstić information content (AvgIpc) is 3.39. The molecule has 0 fully saturated rings. The van der Waals surface area contributed by atoms with Gasteiger partial charge in [0.05, 0.1) is 11.0 Å². The third kappa shape index (κ3) is 4.27. The van der Waals surface area contributed by atoms with Gasteiger partial charge in [0.15, 0.2) is 0 Å². The van der Waals surface area contributed by atoms with E-state index in [4.69, 9.17) is 0 Å². The van der Waals surface area contributed by atoms with Crippen LogP contribution in [0.2, 0.25) is 0 Å². The molecule has 0 bridgehead atoms. The Hall–Kier alpha value is -5.60. The number of aromatic nitrogens is 1. The van der Waals surface area contributed by atoms with Crippen molar-refractivity contribution in [3.63, 3.8) is 0 Å². The van der Waals surface area contributed by atoms with Crippen molar-refractivity contribution in [3.05, 3.63) is 169 Å². The van der Waals surface area contributed by atoms with Crippen LogP contribution in [0.5, 0.6) is 0 Å². The molecule has 210 valence electrons. The number of hydrogen-bond acceptors (Lipinski definition) is 1. The summed E-state index contributed by atoms with van der Waals surface area (Å²) in [6, 6.07) is 57.0. The van der Waals surface area contributed by atoms with Crippen molar-refractivity contribution in [1.82, 2.24) is 4.57 Å². The number of rotatable bonds is 5. The van der Waals surface area contributed by atoms with Crippen LogP contribution in [0.4, 0.5) is 17.1 Å². The van der Waals surface area contributed by atoms with Crippen molar-refractivity contribution < 1.29 is 0 Å². The number of fused-ring (bicyclic) bond motifs is 4. The Kier molecular flexibility index (Phi) is 6.27. The summed E-state index contributed by atoms with van der Waals surface area (Å²) < 4.78 is 2.40. The van der Waals surface area contributed by atoms with Gasteiger partial charge in [-0.3, -0.25) is 0 Å². The summed E-state index contributed by atoms with van der Waals surface area (Å²) in [4.78, 5) is 2.38. The Bertz CT molecular complexity index is 2290. The average molecular weight is 565 g/mol. The van der Waals surface area contributed by atoms with E-state index in [9.17, 15) is 0 Å². The molecule has 1 aromatic heterocycles. The van der Waals surface area contributed by atoms with E-state index in [-0.39, 0.29) is 0 Å². The van der Waals surface area contributed by atoms with E-state index in [1.54, 1.807) is 0 Å². The summed E-state index contributed by atoms with van der Waals surface area (Å²) in [5, 5.41) is 5.06. The zero-order valence-corrected chi connectivity index (χ0v) is 24.9. The van der Waals surface area contributed by atoms with Gasteiger partial charge in [0.25, 0.3) is 0 Å². The molecule has 2 heteroatoms. The highest BCUT2D eigenvalue weighted by Gasteiger charge is 2.18. The Balaban J connectivity index is 1.29. The zero-order chi connectivity index (χ0) is 29.6. The van der Waals surface area contributed by atoms with Crippen molar-refractivity contribution in [1.29, 1.82) is 0 Å². The molecule has 7 aromatic carbocycles. The minimum Gasteiger partial charge on any atom is -0.310 e. The van der Waals surface area contributed by atoms with Crippen molar-refractivity contribution in [2.24, 2.45) is 0 Å². The highest BCUT2D eigenvalue weighted by molar-refractivity contribution is 6.13. The van der Waals surface area contributed by atoms with Gasteiger partial charge in [-0.05, 0) is 108 Å².